The molecular weight excluding hydrogens is 222 g/mol. The molecule has 2 N–H and O–H groups in total. The second-order valence-corrected chi connectivity index (χ2v) is 5.50. The predicted octanol–water partition coefficient (Wildman–Crippen LogP) is 1.73. The fourth-order valence-corrected chi connectivity index (χ4v) is 2.79. The molecule has 0 aromatic carbocycles. The van der Waals surface area contributed by atoms with Crippen molar-refractivity contribution in [2.75, 3.05) is 25.9 Å². The van der Waals surface area contributed by atoms with Gasteiger partial charge in [0, 0.05) is 30.8 Å². The van der Waals surface area contributed by atoms with Crippen LogP contribution in [0.25, 0.3) is 0 Å². The van der Waals surface area contributed by atoms with Gasteiger partial charge >= 0.3 is 0 Å². The number of anilines is 1. The van der Waals surface area contributed by atoms with E-state index in [1.54, 1.807) is 11.3 Å². The standard InChI is InChI=1S/C11H19N3OS/c1-14(7-9-4-2-3-5-15-9)8-10-6-13-11(12)16-10/h6,9H,2-5,7-8H2,1H3,(H2,12,13). The van der Waals surface area contributed by atoms with Crippen LogP contribution in [0.15, 0.2) is 6.20 Å². The van der Waals surface area contributed by atoms with Gasteiger partial charge in [-0.3, -0.25) is 4.90 Å². The Balaban J connectivity index is 1.77. The number of nitrogen functional groups attached to an aromatic ring is 1. The number of aromatic nitrogens is 1. The number of likely N-dealkylation sites (N-methyl/N-ethyl adjacent to an activating group) is 1. The van der Waals surface area contributed by atoms with Crippen LogP contribution in [0.4, 0.5) is 5.13 Å². The second-order valence-electron chi connectivity index (χ2n) is 4.35. The molecule has 2 heterocycles. The highest BCUT2D eigenvalue weighted by atomic mass is 32.1. The van der Waals surface area contributed by atoms with Crippen LogP contribution < -0.4 is 5.73 Å². The number of ether oxygens (including phenoxy) is 1. The molecule has 0 radical (unpaired) electrons. The molecule has 0 aliphatic carbocycles. The quantitative estimate of drug-likeness (QED) is 0.872. The molecule has 1 atom stereocenters. The summed E-state index contributed by atoms with van der Waals surface area (Å²) in [7, 11) is 2.12. The highest BCUT2D eigenvalue weighted by Crippen LogP contribution is 2.18. The Bertz CT molecular complexity index is 323. The van der Waals surface area contributed by atoms with Gasteiger partial charge in [-0.05, 0) is 26.3 Å². The number of thiazole rings is 1. The summed E-state index contributed by atoms with van der Waals surface area (Å²) in [5.74, 6) is 0. The average molecular weight is 241 g/mol. The summed E-state index contributed by atoms with van der Waals surface area (Å²) >= 11 is 1.56. The van der Waals surface area contributed by atoms with Crippen LogP contribution in [-0.2, 0) is 11.3 Å². The fourth-order valence-electron chi connectivity index (χ4n) is 2.03. The lowest BCUT2D eigenvalue weighted by Gasteiger charge is -2.27. The summed E-state index contributed by atoms with van der Waals surface area (Å²) in [5.41, 5.74) is 5.60. The summed E-state index contributed by atoms with van der Waals surface area (Å²) in [6, 6.07) is 0. The van der Waals surface area contributed by atoms with Gasteiger partial charge in [0.05, 0.1) is 6.10 Å². The first-order chi connectivity index (χ1) is 7.74. The van der Waals surface area contributed by atoms with Crippen molar-refractivity contribution in [2.24, 2.45) is 0 Å². The number of rotatable bonds is 4. The minimum atomic E-state index is 0.406. The van der Waals surface area contributed by atoms with Crippen molar-refractivity contribution in [3.05, 3.63) is 11.1 Å². The lowest BCUT2D eigenvalue weighted by Crippen LogP contribution is -2.32. The van der Waals surface area contributed by atoms with Gasteiger partial charge in [0.2, 0.25) is 0 Å². The maximum absolute atomic E-state index is 5.71. The van der Waals surface area contributed by atoms with Gasteiger partial charge in [-0.2, -0.15) is 0 Å². The Hall–Kier alpha value is -0.650. The molecule has 4 nitrogen and oxygen atoms in total. The predicted molar refractivity (Wildman–Crippen MR) is 66.5 cm³/mol. The molecule has 2 rings (SSSR count). The lowest BCUT2D eigenvalue weighted by atomic mass is 10.1. The normalized spacial score (nSPS) is 21.5. The van der Waals surface area contributed by atoms with Gasteiger partial charge in [0.1, 0.15) is 0 Å². The second kappa shape index (κ2) is 5.61. The van der Waals surface area contributed by atoms with Gasteiger partial charge in [-0.25, -0.2) is 4.98 Å². The van der Waals surface area contributed by atoms with Crippen LogP contribution in [0.3, 0.4) is 0 Å². The largest absolute Gasteiger partial charge is 0.377 e. The Morgan fingerprint density at radius 3 is 3.12 bits per heavy atom. The number of hydrogen-bond acceptors (Lipinski definition) is 5. The molecule has 1 fully saturated rings. The first-order valence-electron chi connectivity index (χ1n) is 5.74. The average Bonchev–Trinajstić information content (AvgIpc) is 2.65. The molecule has 0 amide bonds. The van der Waals surface area contributed by atoms with Crippen molar-refractivity contribution in [3.63, 3.8) is 0 Å². The van der Waals surface area contributed by atoms with E-state index < -0.39 is 0 Å². The third-order valence-electron chi connectivity index (χ3n) is 2.79. The van der Waals surface area contributed by atoms with E-state index in [-0.39, 0.29) is 0 Å². The zero-order valence-corrected chi connectivity index (χ0v) is 10.5. The van der Waals surface area contributed by atoms with E-state index in [4.69, 9.17) is 10.5 Å². The zero-order chi connectivity index (χ0) is 11.4. The van der Waals surface area contributed by atoms with E-state index in [1.165, 1.54) is 24.1 Å². The first kappa shape index (κ1) is 11.8. The molecule has 0 spiro atoms. The van der Waals surface area contributed by atoms with Gasteiger partial charge < -0.3 is 10.5 Å². The molecule has 1 aliphatic rings. The summed E-state index contributed by atoms with van der Waals surface area (Å²) in [6.07, 6.45) is 5.97. The highest BCUT2D eigenvalue weighted by molar-refractivity contribution is 7.15. The smallest absolute Gasteiger partial charge is 0.180 e. The topological polar surface area (TPSA) is 51.4 Å². The Morgan fingerprint density at radius 1 is 1.62 bits per heavy atom. The highest BCUT2D eigenvalue weighted by Gasteiger charge is 2.16. The van der Waals surface area contributed by atoms with E-state index in [2.05, 4.69) is 16.9 Å². The van der Waals surface area contributed by atoms with Crippen LogP contribution in [0, 0.1) is 0 Å². The summed E-state index contributed by atoms with van der Waals surface area (Å²) < 4.78 is 5.71. The minimum Gasteiger partial charge on any atom is -0.377 e. The van der Waals surface area contributed by atoms with Gasteiger partial charge in [-0.15, -0.1) is 11.3 Å². The third-order valence-corrected chi connectivity index (χ3v) is 3.60. The van der Waals surface area contributed by atoms with Crippen LogP contribution in [0.5, 0.6) is 0 Å². The van der Waals surface area contributed by atoms with Crippen molar-refractivity contribution in [1.82, 2.24) is 9.88 Å². The molecule has 5 heteroatoms. The number of hydrogen-bond donors (Lipinski definition) is 1. The van der Waals surface area contributed by atoms with Crippen molar-refractivity contribution in [3.8, 4) is 0 Å². The lowest BCUT2D eigenvalue weighted by molar-refractivity contribution is -0.00246. The number of nitrogens with zero attached hydrogens (tertiary/aromatic N) is 2. The van der Waals surface area contributed by atoms with E-state index >= 15 is 0 Å². The van der Waals surface area contributed by atoms with Gasteiger partial charge in [0.15, 0.2) is 5.13 Å². The van der Waals surface area contributed by atoms with Crippen LogP contribution in [0.2, 0.25) is 0 Å². The monoisotopic (exact) mass is 241 g/mol. The Labute approximate surface area is 100 Å². The molecule has 1 aromatic heterocycles. The minimum absolute atomic E-state index is 0.406. The number of nitrogens with two attached hydrogens (primary N) is 1. The van der Waals surface area contributed by atoms with Crippen molar-refractivity contribution >= 4 is 16.5 Å². The molecule has 16 heavy (non-hydrogen) atoms. The summed E-state index contributed by atoms with van der Waals surface area (Å²) in [4.78, 5) is 7.55. The van der Waals surface area contributed by atoms with Crippen LogP contribution in [0.1, 0.15) is 24.1 Å². The van der Waals surface area contributed by atoms with E-state index in [1.807, 2.05) is 6.20 Å². The Kier molecular flexibility index (Phi) is 4.15. The first-order valence-corrected chi connectivity index (χ1v) is 6.56. The molecule has 1 unspecified atom stereocenters. The summed E-state index contributed by atoms with van der Waals surface area (Å²) in [6.45, 7) is 2.83. The third kappa shape index (κ3) is 3.43. The summed E-state index contributed by atoms with van der Waals surface area (Å²) in [5, 5.41) is 0.650. The van der Waals surface area contributed by atoms with Crippen molar-refractivity contribution in [1.29, 1.82) is 0 Å². The van der Waals surface area contributed by atoms with Crippen LogP contribution in [-0.4, -0.2) is 36.2 Å². The fraction of sp³-hybridized carbons (Fsp3) is 0.727. The van der Waals surface area contributed by atoms with Crippen molar-refractivity contribution in [2.45, 2.75) is 31.9 Å². The van der Waals surface area contributed by atoms with Gasteiger partial charge in [-0.1, -0.05) is 0 Å². The van der Waals surface area contributed by atoms with E-state index in [9.17, 15) is 0 Å². The van der Waals surface area contributed by atoms with Gasteiger partial charge in [0.25, 0.3) is 0 Å². The van der Waals surface area contributed by atoms with E-state index in [0.29, 0.717) is 11.2 Å². The molecule has 1 aromatic rings. The SMILES string of the molecule is CN(Cc1cnc(N)s1)CC1CCCCO1. The van der Waals surface area contributed by atoms with Crippen molar-refractivity contribution < 1.29 is 4.74 Å². The zero-order valence-electron chi connectivity index (χ0n) is 9.69. The molecular formula is C11H19N3OS. The van der Waals surface area contributed by atoms with Crippen LogP contribution >= 0.6 is 11.3 Å². The molecule has 0 bridgehead atoms. The van der Waals surface area contributed by atoms with E-state index in [0.717, 1.165) is 19.7 Å². The maximum Gasteiger partial charge on any atom is 0.180 e. The molecule has 90 valence electrons. The maximum atomic E-state index is 5.71. The Morgan fingerprint density at radius 2 is 2.50 bits per heavy atom. The molecule has 1 saturated heterocycles. The molecule has 0 saturated carbocycles. The molecule has 1 aliphatic heterocycles.